The molecule has 0 aromatic carbocycles. The van der Waals surface area contributed by atoms with Crippen molar-refractivity contribution in [1.82, 2.24) is 0 Å². The van der Waals surface area contributed by atoms with E-state index in [9.17, 15) is 19.8 Å². The van der Waals surface area contributed by atoms with Crippen molar-refractivity contribution in [3.63, 3.8) is 0 Å². The average Bonchev–Trinajstić information content (AvgIpc) is 2.58. The van der Waals surface area contributed by atoms with Gasteiger partial charge in [0.25, 0.3) is 0 Å². The van der Waals surface area contributed by atoms with Crippen LogP contribution >= 0.6 is 0 Å². The van der Waals surface area contributed by atoms with Gasteiger partial charge >= 0.3 is 11.9 Å². The van der Waals surface area contributed by atoms with Gasteiger partial charge in [-0.2, -0.15) is 0 Å². The lowest BCUT2D eigenvalue weighted by atomic mass is 9.68. The summed E-state index contributed by atoms with van der Waals surface area (Å²) in [6.07, 6.45) is 5.11. The minimum atomic E-state index is -1.12. The Kier molecular flexibility index (Phi) is 6.59. The first kappa shape index (κ1) is 20.2. The van der Waals surface area contributed by atoms with Crippen LogP contribution in [0.3, 0.4) is 0 Å². The number of carboxylic acids is 1. The quantitative estimate of drug-likeness (QED) is 0.581. The van der Waals surface area contributed by atoms with Crippen LogP contribution in [0.5, 0.6) is 0 Å². The number of rotatable bonds is 2. The van der Waals surface area contributed by atoms with E-state index >= 15 is 0 Å². The second-order valence-corrected chi connectivity index (χ2v) is 7.25. The molecule has 1 saturated carbocycles. The summed E-state index contributed by atoms with van der Waals surface area (Å²) < 4.78 is 4.92. The van der Waals surface area contributed by atoms with E-state index < -0.39 is 12.1 Å². The van der Waals surface area contributed by atoms with Gasteiger partial charge in [0, 0.05) is 11.5 Å². The fraction of sp³-hybridized carbons (Fsp3) is 0.524. The van der Waals surface area contributed by atoms with Crippen molar-refractivity contribution >= 4 is 11.9 Å². The zero-order valence-corrected chi connectivity index (χ0v) is 15.7. The molecule has 26 heavy (non-hydrogen) atoms. The standard InChI is InChI=1S/C21H28O5/c1-12(2)15-9-8-13(3)17-11-19(22)16(20(23)24)7-5-6-14(10-18(15)17)21(25)26-4/h7,10,17-19,22H,3,5-6,8-9,11H2,1-2,4H3,(H,23,24)/b14-10-,16-7+/t17-,18-,19-/m1/s1. The normalized spacial score (nSPS) is 31.0. The predicted molar refractivity (Wildman–Crippen MR) is 99.4 cm³/mol. The third-order valence-corrected chi connectivity index (χ3v) is 5.41. The van der Waals surface area contributed by atoms with Gasteiger partial charge in [0.2, 0.25) is 0 Å². The number of hydrogen-bond acceptors (Lipinski definition) is 4. The number of ether oxygens (including phenoxy) is 1. The van der Waals surface area contributed by atoms with Gasteiger partial charge in [0.15, 0.2) is 0 Å². The van der Waals surface area contributed by atoms with E-state index in [0.717, 1.165) is 18.4 Å². The van der Waals surface area contributed by atoms with Crippen LogP contribution in [-0.4, -0.2) is 35.4 Å². The Morgan fingerprint density at radius 3 is 2.50 bits per heavy atom. The number of carbonyl (C=O) groups is 2. The number of aliphatic hydroxyl groups excluding tert-OH is 1. The molecule has 3 atom stereocenters. The van der Waals surface area contributed by atoms with Crippen LogP contribution in [0.1, 0.15) is 46.0 Å². The van der Waals surface area contributed by atoms with E-state index in [0.29, 0.717) is 18.4 Å². The lowest BCUT2D eigenvalue weighted by Crippen LogP contribution is -2.30. The summed E-state index contributed by atoms with van der Waals surface area (Å²) in [7, 11) is 1.35. The van der Waals surface area contributed by atoms with Crippen molar-refractivity contribution < 1.29 is 24.5 Å². The number of hydrogen-bond donors (Lipinski definition) is 2. The summed E-state index contributed by atoms with van der Waals surface area (Å²) in [5.41, 5.74) is 3.95. The van der Waals surface area contributed by atoms with Crippen LogP contribution in [0, 0.1) is 11.8 Å². The first-order chi connectivity index (χ1) is 12.3. The van der Waals surface area contributed by atoms with Gasteiger partial charge < -0.3 is 14.9 Å². The van der Waals surface area contributed by atoms with Crippen molar-refractivity contribution in [1.29, 1.82) is 0 Å². The summed E-state index contributed by atoms with van der Waals surface area (Å²) in [4.78, 5) is 23.8. The first-order valence-corrected chi connectivity index (χ1v) is 9.00. The Morgan fingerprint density at radius 1 is 1.23 bits per heavy atom. The fourth-order valence-electron chi connectivity index (χ4n) is 3.98. The highest BCUT2D eigenvalue weighted by atomic mass is 16.5. The van der Waals surface area contributed by atoms with E-state index in [4.69, 9.17) is 4.74 Å². The molecule has 0 unspecified atom stereocenters. The highest BCUT2D eigenvalue weighted by Gasteiger charge is 2.35. The number of aliphatic hydroxyl groups is 1. The van der Waals surface area contributed by atoms with Gasteiger partial charge in [-0.15, -0.1) is 0 Å². The summed E-state index contributed by atoms with van der Waals surface area (Å²) >= 11 is 0. The Hall–Kier alpha value is -2.14. The molecule has 0 radical (unpaired) electrons. The lowest BCUT2D eigenvalue weighted by molar-refractivity contribution is -0.136. The largest absolute Gasteiger partial charge is 0.478 e. The van der Waals surface area contributed by atoms with Crippen molar-refractivity contribution in [2.45, 2.75) is 52.1 Å². The fourth-order valence-corrected chi connectivity index (χ4v) is 3.98. The van der Waals surface area contributed by atoms with Crippen molar-refractivity contribution in [2.75, 3.05) is 7.11 Å². The third-order valence-electron chi connectivity index (χ3n) is 5.41. The number of aliphatic carboxylic acids is 1. The predicted octanol–water partition coefficient (Wildman–Crippen LogP) is 3.56. The zero-order valence-electron chi connectivity index (χ0n) is 15.7. The van der Waals surface area contributed by atoms with E-state index in [1.165, 1.54) is 24.3 Å². The number of esters is 1. The summed E-state index contributed by atoms with van der Waals surface area (Å²) in [5.74, 6) is -1.69. The maximum absolute atomic E-state index is 12.2. The smallest absolute Gasteiger partial charge is 0.333 e. The van der Waals surface area contributed by atoms with Gasteiger partial charge in [0.1, 0.15) is 0 Å². The van der Waals surface area contributed by atoms with Crippen molar-refractivity contribution in [2.24, 2.45) is 11.8 Å². The van der Waals surface area contributed by atoms with E-state index in [1.54, 1.807) is 0 Å². The maximum Gasteiger partial charge on any atom is 0.333 e. The third kappa shape index (κ3) is 4.33. The minimum absolute atomic E-state index is 0.00742. The van der Waals surface area contributed by atoms with E-state index in [-0.39, 0.29) is 29.8 Å². The minimum Gasteiger partial charge on any atom is -0.478 e. The molecule has 1 fully saturated rings. The topological polar surface area (TPSA) is 83.8 Å². The van der Waals surface area contributed by atoms with Gasteiger partial charge in [-0.1, -0.05) is 35.5 Å². The second-order valence-electron chi connectivity index (χ2n) is 7.25. The Balaban J connectivity index is 2.56. The summed E-state index contributed by atoms with van der Waals surface area (Å²) in [6.45, 7) is 8.26. The lowest BCUT2D eigenvalue weighted by Gasteiger charge is -2.37. The van der Waals surface area contributed by atoms with Gasteiger partial charge in [-0.3, -0.25) is 0 Å². The van der Waals surface area contributed by atoms with Gasteiger partial charge in [-0.25, -0.2) is 9.59 Å². The molecule has 5 heteroatoms. The molecular weight excluding hydrogens is 332 g/mol. The maximum atomic E-state index is 12.2. The number of methoxy groups -OCH3 is 1. The summed E-state index contributed by atoms with van der Waals surface area (Å²) in [5, 5.41) is 20.0. The molecule has 0 aliphatic heterocycles. The monoisotopic (exact) mass is 360 g/mol. The molecule has 142 valence electrons. The number of carboxylic acid groups (broad SMARTS) is 1. The molecule has 2 aliphatic carbocycles. The Morgan fingerprint density at radius 2 is 1.92 bits per heavy atom. The molecule has 0 saturated heterocycles. The van der Waals surface area contributed by atoms with Crippen LogP contribution in [-0.2, 0) is 14.3 Å². The molecule has 0 amide bonds. The molecule has 0 aromatic heterocycles. The van der Waals surface area contributed by atoms with E-state index in [2.05, 4.69) is 6.58 Å². The van der Waals surface area contributed by atoms with Crippen LogP contribution in [0.4, 0.5) is 0 Å². The molecular formula is C21H28O5. The van der Waals surface area contributed by atoms with Crippen LogP contribution in [0.25, 0.3) is 0 Å². The molecule has 0 bridgehead atoms. The Labute approximate surface area is 154 Å². The molecule has 0 spiro atoms. The molecule has 2 N–H and O–H groups in total. The first-order valence-electron chi connectivity index (χ1n) is 9.00. The molecule has 0 heterocycles. The van der Waals surface area contributed by atoms with E-state index in [1.807, 2.05) is 19.9 Å². The molecule has 2 aliphatic rings. The summed E-state index contributed by atoms with van der Waals surface area (Å²) in [6, 6.07) is 0. The van der Waals surface area contributed by atoms with Crippen molar-refractivity contribution in [3.05, 3.63) is 46.6 Å². The number of allylic oxidation sites excluding steroid dienone is 5. The van der Waals surface area contributed by atoms with Crippen LogP contribution in [0.2, 0.25) is 0 Å². The second kappa shape index (κ2) is 8.49. The molecule has 0 aromatic rings. The van der Waals surface area contributed by atoms with Crippen LogP contribution in [0.15, 0.2) is 46.6 Å². The van der Waals surface area contributed by atoms with Crippen LogP contribution < -0.4 is 0 Å². The number of fused-ring (bicyclic) bond motifs is 1. The average molecular weight is 360 g/mol. The van der Waals surface area contributed by atoms with Gasteiger partial charge in [0.05, 0.1) is 18.8 Å². The van der Waals surface area contributed by atoms with Gasteiger partial charge in [-0.05, 0) is 51.9 Å². The Bertz CT molecular complexity index is 691. The molecule has 2 rings (SSSR count). The highest BCUT2D eigenvalue weighted by Crippen LogP contribution is 2.43. The highest BCUT2D eigenvalue weighted by molar-refractivity contribution is 5.89. The number of carbonyl (C=O) groups excluding carboxylic acids is 1. The SMILES string of the molecule is C=C1CCC(=C(C)C)[C@H]2/C=C(\C(=O)OC)CC/C=C(/C(=O)O)[C@H](O)C[C@H]12. The molecule has 5 nitrogen and oxygen atoms in total. The van der Waals surface area contributed by atoms with Crippen molar-refractivity contribution in [3.8, 4) is 0 Å². The zero-order chi connectivity index (χ0) is 19.4.